The molecule has 0 unspecified atom stereocenters. The van der Waals surface area contributed by atoms with Gasteiger partial charge in [0, 0.05) is 24.2 Å². The minimum atomic E-state index is -0.0783. The molecule has 0 radical (unpaired) electrons. The van der Waals surface area contributed by atoms with E-state index in [1.165, 1.54) is 0 Å². The van der Waals surface area contributed by atoms with Crippen LogP contribution in [0.1, 0.15) is 31.2 Å². The third-order valence-corrected chi connectivity index (χ3v) is 4.81. The summed E-state index contributed by atoms with van der Waals surface area (Å²) in [7, 11) is 0. The molecule has 3 aromatic rings. The molecule has 28 heavy (non-hydrogen) atoms. The van der Waals surface area contributed by atoms with Gasteiger partial charge in [0.15, 0.2) is 4.77 Å². The molecule has 0 spiro atoms. The monoisotopic (exact) mass is 391 g/mol. The number of H-pyrrole nitrogens is 1. The predicted octanol–water partition coefficient (Wildman–Crippen LogP) is 4.24. The number of carbonyl (C=O) groups is 1. The van der Waals surface area contributed by atoms with Gasteiger partial charge in [-0.3, -0.25) is 14.2 Å². The number of nitrogens with zero attached hydrogens (tertiary/aromatic N) is 1. The van der Waals surface area contributed by atoms with Gasteiger partial charge < -0.3 is 10.3 Å². The van der Waals surface area contributed by atoms with Gasteiger partial charge in [0.25, 0.3) is 5.56 Å². The van der Waals surface area contributed by atoms with Crippen LogP contribution in [-0.4, -0.2) is 15.5 Å². The van der Waals surface area contributed by atoms with Gasteiger partial charge in [0.2, 0.25) is 5.91 Å². The van der Waals surface area contributed by atoms with Gasteiger partial charge in [-0.15, -0.1) is 6.42 Å². The topological polar surface area (TPSA) is 66.9 Å². The van der Waals surface area contributed by atoms with Crippen LogP contribution in [-0.2, 0) is 11.3 Å². The van der Waals surface area contributed by atoms with E-state index in [4.69, 9.17) is 18.6 Å². The van der Waals surface area contributed by atoms with Crippen molar-refractivity contribution < 1.29 is 4.79 Å². The Kier molecular flexibility index (Phi) is 6.41. The quantitative estimate of drug-likeness (QED) is 0.360. The zero-order chi connectivity index (χ0) is 19.9. The van der Waals surface area contributed by atoms with Gasteiger partial charge in [-0.1, -0.05) is 30.5 Å². The second-order valence-corrected chi connectivity index (χ2v) is 6.90. The van der Waals surface area contributed by atoms with E-state index in [2.05, 4.69) is 16.2 Å². The van der Waals surface area contributed by atoms with Crippen molar-refractivity contribution in [2.45, 2.75) is 32.2 Å². The number of anilines is 1. The number of benzene rings is 2. The molecule has 142 valence electrons. The second-order valence-electron chi connectivity index (χ2n) is 6.52. The number of fused-ring (bicyclic) bond motifs is 1. The summed E-state index contributed by atoms with van der Waals surface area (Å²) >= 11 is 5.31. The molecule has 2 aromatic carbocycles. The highest BCUT2D eigenvalue weighted by Gasteiger charge is 2.06. The minimum Gasteiger partial charge on any atom is -0.332 e. The molecular weight excluding hydrogens is 370 g/mol. The molecular formula is C22H21N3O2S. The molecule has 1 heterocycles. The van der Waals surface area contributed by atoms with Crippen LogP contribution in [0.15, 0.2) is 53.3 Å². The zero-order valence-electron chi connectivity index (χ0n) is 15.4. The molecule has 1 aromatic heterocycles. The molecule has 3 rings (SSSR count). The van der Waals surface area contributed by atoms with Gasteiger partial charge in [-0.2, -0.15) is 0 Å². The Bertz CT molecular complexity index is 1150. The van der Waals surface area contributed by atoms with Crippen molar-refractivity contribution in [1.82, 2.24) is 9.55 Å². The number of aromatic nitrogens is 2. The molecule has 0 aliphatic carbocycles. The first-order chi connectivity index (χ1) is 13.6. The van der Waals surface area contributed by atoms with E-state index in [0.717, 1.165) is 30.3 Å². The molecule has 0 atom stereocenters. The van der Waals surface area contributed by atoms with Crippen LogP contribution in [0.25, 0.3) is 10.9 Å². The largest absolute Gasteiger partial charge is 0.332 e. The number of unbranched alkanes of at least 4 members (excludes halogenated alkanes) is 2. The van der Waals surface area contributed by atoms with Gasteiger partial charge in [-0.05, 0) is 55.4 Å². The number of rotatable bonds is 7. The van der Waals surface area contributed by atoms with E-state index in [0.29, 0.717) is 28.8 Å². The fourth-order valence-electron chi connectivity index (χ4n) is 3.04. The lowest BCUT2D eigenvalue weighted by Gasteiger charge is -2.08. The molecule has 0 fully saturated rings. The van der Waals surface area contributed by atoms with E-state index in [-0.39, 0.29) is 11.5 Å². The number of hydrogen-bond donors (Lipinski definition) is 2. The fraction of sp³-hybridized carbons (Fsp3) is 0.227. The van der Waals surface area contributed by atoms with Gasteiger partial charge >= 0.3 is 0 Å². The SMILES string of the molecule is C#Cc1cccc(NC(=O)CCCCCn2c(=S)[nH]c3ccccc3c2=O)c1. The maximum atomic E-state index is 12.6. The van der Waals surface area contributed by atoms with Crippen molar-refractivity contribution in [3.05, 3.63) is 69.2 Å². The average molecular weight is 391 g/mol. The third-order valence-electron chi connectivity index (χ3n) is 4.49. The van der Waals surface area contributed by atoms with E-state index >= 15 is 0 Å². The average Bonchev–Trinajstić information content (AvgIpc) is 2.70. The van der Waals surface area contributed by atoms with E-state index in [1.807, 2.05) is 36.4 Å². The summed E-state index contributed by atoms with van der Waals surface area (Å²) in [5.41, 5.74) is 2.11. The molecule has 0 aliphatic rings. The normalized spacial score (nSPS) is 10.5. The Morgan fingerprint density at radius 1 is 1.14 bits per heavy atom. The third kappa shape index (κ3) is 4.76. The summed E-state index contributed by atoms with van der Waals surface area (Å²) < 4.78 is 2.01. The number of amides is 1. The zero-order valence-corrected chi connectivity index (χ0v) is 16.2. The highest BCUT2D eigenvalue weighted by Crippen LogP contribution is 2.11. The first kappa shape index (κ1) is 19.6. The van der Waals surface area contributed by atoms with Gasteiger partial charge in [0.1, 0.15) is 0 Å². The number of nitrogens with one attached hydrogen (secondary N) is 2. The summed E-state index contributed by atoms with van der Waals surface area (Å²) in [4.78, 5) is 27.7. The molecule has 0 bridgehead atoms. The Labute approximate surface area is 168 Å². The van der Waals surface area contributed by atoms with Crippen LogP contribution in [0.5, 0.6) is 0 Å². The Balaban J connectivity index is 1.49. The lowest BCUT2D eigenvalue weighted by Crippen LogP contribution is -2.22. The van der Waals surface area contributed by atoms with Crippen LogP contribution in [0.2, 0.25) is 0 Å². The second kappa shape index (κ2) is 9.16. The van der Waals surface area contributed by atoms with E-state index in [9.17, 15) is 9.59 Å². The molecule has 6 heteroatoms. The fourth-order valence-corrected chi connectivity index (χ4v) is 3.33. The summed E-state index contributed by atoms with van der Waals surface area (Å²) in [6, 6.07) is 14.5. The van der Waals surface area contributed by atoms with Crippen LogP contribution in [0, 0.1) is 17.1 Å². The number of hydrogen-bond acceptors (Lipinski definition) is 3. The summed E-state index contributed by atoms with van der Waals surface area (Å²) in [6.45, 7) is 0.533. The smallest absolute Gasteiger partial charge is 0.262 e. The molecule has 5 nitrogen and oxygen atoms in total. The molecule has 2 N–H and O–H groups in total. The van der Waals surface area contributed by atoms with Crippen LogP contribution >= 0.6 is 12.2 Å². The lowest BCUT2D eigenvalue weighted by atomic mass is 10.1. The van der Waals surface area contributed by atoms with Crippen molar-refractivity contribution in [3.63, 3.8) is 0 Å². The van der Waals surface area contributed by atoms with Crippen molar-refractivity contribution in [2.75, 3.05) is 5.32 Å². The van der Waals surface area contributed by atoms with Crippen LogP contribution in [0.4, 0.5) is 5.69 Å². The van der Waals surface area contributed by atoms with Crippen LogP contribution < -0.4 is 10.9 Å². The summed E-state index contributed by atoms with van der Waals surface area (Å²) in [6.07, 6.45) is 8.12. The van der Waals surface area contributed by atoms with Crippen molar-refractivity contribution in [3.8, 4) is 12.3 Å². The van der Waals surface area contributed by atoms with Gasteiger partial charge in [-0.25, -0.2) is 0 Å². The molecule has 0 saturated carbocycles. The van der Waals surface area contributed by atoms with Crippen molar-refractivity contribution in [2.24, 2.45) is 0 Å². The number of carbonyl (C=O) groups excluding carboxylic acids is 1. The van der Waals surface area contributed by atoms with Crippen molar-refractivity contribution in [1.29, 1.82) is 0 Å². The summed E-state index contributed by atoms with van der Waals surface area (Å²) in [5.74, 6) is 2.50. The molecule has 0 saturated heterocycles. The lowest BCUT2D eigenvalue weighted by molar-refractivity contribution is -0.116. The maximum absolute atomic E-state index is 12.6. The highest BCUT2D eigenvalue weighted by molar-refractivity contribution is 7.71. The van der Waals surface area contributed by atoms with E-state index < -0.39 is 0 Å². The van der Waals surface area contributed by atoms with E-state index in [1.54, 1.807) is 16.7 Å². The standard InChI is InChI=1S/C22H21N3O2S/c1-2-16-9-8-10-17(15-16)23-20(26)13-4-3-7-14-25-21(27)18-11-5-6-12-19(18)24-22(25)28/h1,5-6,8-12,15H,3-4,7,13-14H2,(H,23,26)(H,24,28). The number of terminal acetylenes is 1. The number of aromatic amines is 1. The minimum absolute atomic E-state index is 0.0469. The molecule has 1 amide bonds. The Morgan fingerprint density at radius 3 is 2.79 bits per heavy atom. The van der Waals surface area contributed by atoms with Crippen molar-refractivity contribution >= 4 is 34.7 Å². The Morgan fingerprint density at radius 2 is 1.96 bits per heavy atom. The molecule has 0 aliphatic heterocycles. The predicted molar refractivity (Wildman–Crippen MR) is 115 cm³/mol. The first-order valence-electron chi connectivity index (χ1n) is 9.17. The van der Waals surface area contributed by atoms with Crippen LogP contribution in [0.3, 0.4) is 0 Å². The first-order valence-corrected chi connectivity index (χ1v) is 9.58. The Hall–Kier alpha value is -3.17. The van der Waals surface area contributed by atoms with Gasteiger partial charge in [0.05, 0.1) is 10.9 Å². The summed E-state index contributed by atoms with van der Waals surface area (Å²) in [5, 5.41) is 3.48. The highest BCUT2D eigenvalue weighted by atomic mass is 32.1. The maximum Gasteiger partial charge on any atom is 0.262 e. The number of para-hydroxylation sites is 1.